The number of aliphatic hydroxyl groups excluding tert-OH is 1. The SMILES string of the molecule is CCOC1(C(O)c2cnccn2)CCOCC1. The Kier molecular flexibility index (Phi) is 4.04. The molecule has 0 bridgehead atoms. The van der Waals surface area contributed by atoms with Crippen molar-refractivity contribution in [3.05, 3.63) is 24.3 Å². The lowest BCUT2D eigenvalue weighted by Gasteiger charge is -2.40. The molecule has 5 heteroatoms. The Hall–Kier alpha value is -1.04. The van der Waals surface area contributed by atoms with Crippen LogP contribution in [0.5, 0.6) is 0 Å². The highest BCUT2D eigenvalue weighted by atomic mass is 16.5. The standard InChI is InChI=1S/C12H18N2O3/c1-2-17-12(3-7-16-8-4-12)11(15)10-9-13-5-6-14-10/h5-6,9,11,15H,2-4,7-8H2,1H3. The van der Waals surface area contributed by atoms with Gasteiger partial charge in [0.15, 0.2) is 0 Å². The Morgan fingerprint density at radius 2 is 2.24 bits per heavy atom. The molecule has 0 spiro atoms. The molecule has 1 aromatic rings. The molecule has 1 saturated heterocycles. The van der Waals surface area contributed by atoms with E-state index in [1.165, 1.54) is 0 Å². The third-order valence-electron chi connectivity index (χ3n) is 3.13. The van der Waals surface area contributed by atoms with E-state index in [1.807, 2.05) is 6.92 Å². The van der Waals surface area contributed by atoms with Gasteiger partial charge in [-0.1, -0.05) is 0 Å². The van der Waals surface area contributed by atoms with Crippen LogP contribution in [0.4, 0.5) is 0 Å². The van der Waals surface area contributed by atoms with E-state index in [2.05, 4.69) is 9.97 Å². The number of ether oxygens (including phenoxy) is 2. The second kappa shape index (κ2) is 5.53. The normalized spacial score (nSPS) is 21.1. The maximum Gasteiger partial charge on any atom is 0.126 e. The van der Waals surface area contributed by atoms with Gasteiger partial charge >= 0.3 is 0 Å². The topological polar surface area (TPSA) is 64.5 Å². The summed E-state index contributed by atoms with van der Waals surface area (Å²) < 4.78 is 11.1. The van der Waals surface area contributed by atoms with Gasteiger partial charge in [0, 0.05) is 45.1 Å². The number of nitrogens with zero attached hydrogens (tertiary/aromatic N) is 2. The number of hydrogen-bond acceptors (Lipinski definition) is 5. The number of rotatable bonds is 4. The van der Waals surface area contributed by atoms with Gasteiger partial charge in [-0.15, -0.1) is 0 Å². The Bertz CT molecular complexity index is 333. The molecule has 5 nitrogen and oxygen atoms in total. The van der Waals surface area contributed by atoms with Crippen LogP contribution in [0.25, 0.3) is 0 Å². The summed E-state index contributed by atoms with van der Waals surface area (Å²) in [6.07, 6.45) is 5.36. The minimum absolute atomic E-state index is 0.558. The molecule has 0 saturated carbocycles. The summed E-state index contributed by atoms with van der Waals surface area (Å²) in [4.78, 5) is 8.13. The maximum absolute atomic E-state index is 10.4. The largest absolute Gasteiger partial charge is 0.384 e. The van der Waals surface area contributed by atoms with Crippen LogP contribution in [-0.2, 0) is 9.47 Å². The van der Waals surface area contributed by atoms with Crippen LogP contribution in [0, 0.1) is 0 Å². The van der Waals surface area contributed by atoms with Crippen molar-refractivity contribution in [2.45, 2.75) is 31.5 Å². The molecule has 0 aliphatic carbocycles. The molecule has 2 rings (SSSR count). The van der Waals surface area contributed by atoms with Gasteiger partial charge in [-0.25, -0.2) is 0 Å². The summed E-state index contributed by atoms with van der Waals surface area (Å²) in [6, 6.07) is 0. The van der Waals surface area contributed by atoms with Crippen LogP contribution >= 0.6 is 0 Å². The molecule has 1 aliphatic rings. The molecule has 1 unspecified atom stereocenters. The fourth-order valence-electron chi connectivity index (χ4n) is 2.22. The van der Waals surface area contributed by atoms with E-state index >= 15 is 0 Å². The van der Waals surface area contributed by atoms with Crippen molar-refractivity contribution in [2.75, 3.05) is 19.8 Å². The van der Waals surface area contributed by atoms with Crippen molar-refractivity contribution < 1.29 is 14.6 Å². The van der Waals surface area contributed by atoms with Gasteiger partial charge in [0.25, 0.3) is 0 Å². The van der Waals surface area contributed by atoms with E-state index in [1.54, 1.807) is 18.6 Å². The summed E-state index contributed by atoms with van der Waals surface area (Å²) in [5.74, 6) is 0. The molecule has 1 N–H and O–H groups in total. The average molecular weight is 238 g/mol. The second-order valence-electron chi connectivity index (χ2n) is 4.14. The summed E-state index contributed by atoms with van der Waals surface area (Å²) in [5, 5.41) is 10.4. The zero-order valence-corrected chi connectivity index (χ0v) is 10.0. The first-order valence-electron chi connectivity index (χ1n) is 5.94. The van der Waals surface area contributed by atoms with Gasteiger partial charge in [-0.3, -0.25) is 9.97 Å². The zero-order valence-electron chi connectivity index (χ0n) is 10.0. The van der Waals surface area contributed by atoms with Crippen LogP contribution in [-0.4, -0.2) is 40.5 Å². The second-order valence-corrected chi connectivity index (χ2v) is 4.14. The molecule has 17 heavy (non-hydrogen) atoms. The summed E-state index contributed by atoms with van der Waals surface area (Å²) in [6.45, 7) is 3.71. The lowest BCUT2D eigenvalue weighted by Crippen LogP contribution is -2.45. The van der Waals surface area contributed by atoms with Gasteiger partial charge in [0.2, 0.25) is 0 Å². The predicted molar refractivity (Wildman–Crippen MR) is 61.4 cm³/mol. The van der Waals surface area contributed by atoms with Gasteiger partial charge in [-0.05, 0) is 6.92 Å². The van der Waals surface area contributed by atoms with Crippen molar-refractivity contribution in [2.24, 2.45) is 0 Å². The molecule has 1 atom stereocenters. The number of hydrogen-bond donors (Lipinski definition) is 1. The Morgan fingerprint density at radius 3 is 2.82 bits per heavy atom. The van der Waals surface area contributed by atoms with Crippen molar-refractivity contribution in [1.82, 2.24) is 9.97 Å². The molecular weight excluding hydrogens is 220 g/mol. The minimum atomic E-state index is -0.750. The average Bonchev–Trinajstić information content (AvgIpc) is 2.40. The minimum Gasteiger partial charge on any atom is -0.384 e. The molecular formula is C12H18N2O3. The van der Waals surface area contributed by atoms with Gasteiger partial charge < -0.3 is 14.6 Å². The summed E-state index contributed by atoms with van der Waals surface area (Å²) in [7, 11) is 0. The quantitative estimate of drug-likeness (QED) is 0.850. The molecule has 1 aromatic heterocycles. The van der Waals surface area contributed by atoms with E-state index in [4.69, 9.17) is 9.47 Å². The maximum atomic E-state index is 10.4. The highest BCUT2D eigenvalue weighted by Crippen LogP contribution is 2.36. The van der Waals surface area contributed by atoms with E-state index in [9.17, 15) is 5.11 Å². The Labute approximate surface area is 101 Å². The van der Waals surface area contributed by atoms with Crippen LogP contribution in [0.15, 0.2) is 18.6 Å². The molecule has 0 aromatic carbocycles. The highest BCUT2D eigenvalue weighted by Gasteiger charge is 2.42. The van der Waals surface area contributed by atoms with Crippen LogP contribution in [0.1, 0.15) is 31.6 Å². The monoisotopic (exact) mass is 238 g/mol. The fraction of sp³-hybridized carbons (Fsp3) is 0.667. The summed E-state index contributed by atoms with van der Waals surface area (Å²) in [5.41, 5.74) is -0.0221. The van der Waals surface area contributed by atoms with Crippen molar-refractivity contribution >= 4 is 0 Å². The lowest BCUT2D eigenvalue weighted by molar-refractivity contribution is -0.169. The van der Waals surface area contributed by atoms with Gasteiger partial charge in [0.1, 0.15) is 11.7 Å². The molecule has 0 radical (unpaired) electrons. The highest BCUT2D eigenvalue weighted by molar-refractivity contribution is 5.07. The van der Waals surface area contributed by atoms with E-state index in [0.29, 0.717) is 38.4 Å². The molecule has 1 fully saturated rings. The van der Waals surface area contributed by atoms with E-state index < -0.39 is 11.7 Å². The van der Waals surface area contributed by atoms with Crippen molar-refractivity contribution in [1.29, 1.82) is 0 Å². The Morgan fingerprint density at radius 1 is 1.47 bits per heavy atom. The van der Waals surface area contributed by atoms with E-state index in [0.717, 1.165) is 0 Å². The number of aliphatic hydroxyl groups is 1. The summed E-state index contributed by atoms with van der Waals surface area (Å²) >= 11 is 0. The van der Waals surface area contributed by atoms with Gasteiger partial charge in [0.05, 0.1) is 11.9 Å². The lowest BCUT2D eigenvalue weighted by atomic mass is 9.86. The molecule has 2 heterocycles. The first kappa shape index (κ1) is 12.4. The first-order chi connectivity index (χ1) is 8.28. The third-order valence-corrected chi connectivity index (χ3v) is 3.13. The van der Waals surface area contributed by atoms with Crippen LogP contribution in [0.2, 0.25) is 0 Å². The number of aromatic nitrogens is 2. The smallest absolute Gasteiger partial charge is 0.126 e. The third kappa shape index (κ3) is 2.62. The van der Waals surface area contributed by atoms with Crippen molar-refractivity contribution in [3.8, 4) is 0 Å². The van der Waals surface area contributed by atoms with Crippen LogP contribution < -0.4 is 0 Å². The molecule has 94 valence electrons. The molecule has 0 amide bonds. The fourth-order valence-corrected chi connectivity index (χ4v) is 2.22. The van der Waals surface area contributed by atoms with Crippen LogP contribution in [0.3, 0.4) is 0 Å². The predicted octanol–water partition coefficient (Wildman–Crippen LogP) is 1.10. The van der Waals surface area contributed by atoms with Gasteiger partial charge in [-0.2, -0.15) is 0 Å². The molecule has 1 aliphatic heterocycles. The zero-order chi connectivity index (χ0) is 12.1. The van der Waals surface area contributed by atoms with Crippen molar-refractivity contribution in [3.63, 3.8) is 0 Å². The Balaban J connectivity index is 2.20. The van der Waals surface area contributed by atoms with E-state index in [-0.39, 0.29) is 0 Å². The first-order valence-corrected chi connectivity index (χ1v) is 5.94.